The molecule has 0 saturated carbocycles. The number of alkyl halides is 2. The van der Waals surface area contributed by atoms with Gasteiger partial charge < -0.3 is 20.1 Å². The Labute approximate surface area is 182 Å². The van der Waals surface area contributed by atoms with Crippen molar-refractivity contribution in [3.63, 3.8) is 0 Å². The zero-order valence-corrected chi connectivity index (χ0v) is 19.2. The number of rotatable bonds is 12. The summed E-state index contributed by atoms with van der Waals surface area (Å²) < 4.78 is 35.5. The second kappa shape index (κ2) is 16.0. The number of nitrogens with one attached hydrogen (secondary N) is 2. The van der Waals surface area contributed by atoms with Crippen molar-refractivity contribution in [2.45, 2.75) is 39.3 Å². The van der Waals surface area contributed by atoms with E-state index in [1.165, 1.54) is 6.07 Å². The van der Waals surface area contributed by atoms with Gasteiger partial charge in [0.05, 0.1) is 6.61 Å². The minimum absolute atomic E-state index is 0. The van der Waals surface area contributed by atoms with Crippen LogP contribution in [0, 0.1) is 0 Å². The monoisotopic (exact) mass is 517 g/mol. The van der Waals surface area contributed by atoms with E-state index in [2.05, 4.69) is 26.6 Å². The minimum atomic E-state index is -2.89. The van der Waals surface area contributed by atoms with Crippen LogP contribution in [0.2, 0.25) is 0 Å². The van der Waals surface area contributed by atoms with Crippen molar-refractivity contribution in [3.05, 3.63) is 23.8 Å². The molecule has 156 valence electrons. The van der Waals surface area contributed by atoms with Crippen LogP contribution in [0.25, 0.3) is 0 Å². The van der Waals surface area contributed by atoms with E-state index in [-0.39, 0.29) is 29.7 Å². The Bertz CT molecular complexity index is 551. The van der Waals surface area contributed by atoms with E-state index in [1.54, 1.807) is 19.2 Å². The topological polar surface area (TPSA) is 54.9 Å². The lowest BCUT2D eigenvalue weighted by molar-refractivity contribution is -0.0505. The molecule has 0 aliphatic carbocycles. The van der Waals surface area contributed by atoms with Crippen LogP contribution in [-0.2, 0) is 6.54 Å². The van der Waals surface area contributed by atoms with Gasteiger partial charge in [0.15, 0.2) is 5.96 Å². The van der Waals surface area contributed by atoms with Crippen LogP contribution in [0.3, 0.4) is 0 Å². The second-order valence-electron chi connectivity index (χ2n) is 5.55. The average molecular weight is 517 g/mol. The highest BCUT2D eigenvalue weighted by molar-refractivity contribution is 14.0. The first kappa shape index (κ1) is 26.0. The summed E-state index contributed by atoms with van der Waals surface area (Å²) in [6.07, 6.45) is 5.11. The number of guanidine groups is 1. The molecule has 0 fully saturated rings. The summed E-state index contributed by atoms with van der Waals surface area (Å²) in [5, 5.41) is 6.33. The van der Waals surface area contributed by atoms with Crippen LogP contribution in [0.15, 0.2) is 23.2 Å². The molecule has 0 unspecified atom stereocenters. The SMILES string of the molecule is CCCOc1ccc(CNC(=NC)NCCCCSC)c(OC(F)F)c1.I. The summed E-state index contributed by atoms with van der Waals surface area (Å²) in [4.78, 5) is 4.15. The van der Waals surface area contributed by atoms with Crippen molar-refractivity contribution in [3.8, 4) is 11.5 Å². The molecule has 0 saturated heterocycles. The lowest BCUT2D eigenvalue weighted by Gasteiger charge is -2.16. The van der Waals surface area contributed by atoms with Gasteiger partial charge in [-0.05, 0) is 43.4 Å². The van der Waals surface area contributed by atoms with Crippen molar-refractivity contribution in [1.29, 1.82) is 0 Å². The third kappa shape index (κ3) is 11.5. The molecule has 0 heterocycles. The Morgan fingerprint density at radius 3 is 2.67 bits per heavy atom. The third-order valence-electron chi connectivity index (χ3n) is 3.47. The number of hydrogen-bond acceptors (Lipinski definition) is 4. The van der Waals surface area contributed by atoms with E-state index in [4.69, 9.17) is 4.74 Å². The van der Waals surface area contributed by atoms with Crippen LogP contribution in [0.4, 0.5) is 8.78 Å². The van der Waals surface area contributed by atoms with Crippen molar-refractivity contribution < 1.29 is 18.3 Å². The van der Waals surface area contributed by atoms with Gasteiger partial charge in [0.2, 0.25) is 0 Å². The number of nitrogens with zero attached hydrogens (tertiary/aromatic N) is 1. The third-order valence-corrected chi connectivity index (χ3v) is 4.16. The molecular formula is C18H30F2IN3O2S. The molecule has 1 aromatic carbocycles. The molecule has 0 aliphatic heterocycles. The Kier molecular flexibility index (Phi) is 15.5. The maximum atomic E-state index is 12.7. The minimum Gasteiger partial charge on any atom is -0.493 e. The predicted octanol–water partition coefficient (Wildman–Crippen LogP) is 4.50. The zero-order valence-electron chi connectivity index (χ0n) is 16.1. The first-order chi connectivity index (χ1) is 12.6. The van der Waals surface area contributed by atoms with E-state index < -0.39 is 6.61 Å². The summed E-state index contributed by atoms with van der Waals surface area (Å²) in [5.74, 6) is 2.39. The first-order valence-electron chi connectivity index (χ1n) is 8.74. The molecule has 9 heteroatoms. The highest BCUT2D eigenvalue weighted by Gasteiger charge is 2.12. The summed E-state index contributed by atoms with van der Waals surface area (Å²) >= 11 is 1.83. The van der Waals surface area contributed by atoms with Gasteiger partial charge in [-0.2, -0.15) is 20.5 Å². The fourth-order valence-electron chi connectivity index (χ4n) is 2.17. The van der Waals surface area contributed by atoms with Crippen molar-refractivity contribution >= 4 is 41.7 Å². The zero-order chi connectivity index (χ0) is 19.2. The van der Waals surface area contributed by atoms with Crippen LogP contribution in [0.5, 0.6) is 11.5 Å². The summed E-state index contributed by atoms with van der Waals surface area (Å²) in [6.45, 7) is 0.752. The Balaban J connectivity index is 0.00000676. The molecule has 0 atom stereocenters. The normalized spacial score (nSPS) is 11.1. The van der Waals surface area contributed by atoms with Crippen LogP contribution in [0.1, 0.15) is 31.7 Å². The predicted molar refractivity (Wildman–Crippen MR) is 120 cm³/mol. The highest BCUT2D eigenvalue weighted by Crippen LogP contribution is 2.26. The summed E-state index contributed by atoms with van der Waals surface area (Å²) in [6, 6.07) is 4.97. The lowest BCUT2D eigenvalue weighted by atomic mass is 10.2. The second-order valence-corrected chi connectivity index (χ2v) is 6.53. The molecular weight excluding hydrogens is 487 g/mol. The van der Waals surface area contributed by atoms with Crippen molar-refractivity contribution in [2.24, 2.45) is 4.99 Å². The standard InChI is InChI=1S/C18H29F2N3O2S.HI/c1-4-10-24-15-8-7-14(16(12-15)25-17(19)20)13-23-18(21-2)22-9-5-6-11-26-3;/h7-8,12,17H,4-6,9-11,13H2,1-3H3,(H2,21,22,23);1H. The average Bonchev–Trinajstić information content (AvgIpc) is 2.63. The molecule has 1 aromatic rings. The van der Waals surface area contributed by atoms with Gasteiger partial charge in [-0.15, -0.1) is 24.0 Å². The van der Waals surface area contributed by atoms with Crippen LogP contribution in [-0.4, -0.2) is 44.8 Å². The van der Waals surface area contributed by atoms with E-state index in [1.807, 2.05) is 18.7 Å². The molecule has 0 aromatic heterocycles. The Morgan fingerprint density at radius 2 is 2.04 bits per heavy atom. The number of halogens is 3. The molecule has 0 bridgehead atoms. The maximum absolute atomic E-state index is 12.7. The van der Waals surface area contributed by atoms with E-state index in [0.717, 1.165) is 31.6 Å². The Hall–Kier alpha value is -0.970. The fraction of sp³-hybridized carbons (Fsp3) is 0.611. The van der Waals surface area contributed by atoms with Crippen molar-refractivity contribution in [2.75, 3.05) is 32.2 Å². The maximum Gasteiger partial charge on any atom is 0.387 e. The largest absolute Gasteiger partial charge is 0.493 e. The summed E-state index contributed by atoms with van der Waals surface area (Å²) in [5.41, 5.74) is 0.611. The molecule has 0 spiro atoms. The van der Waals surface area contributed by atoms with Crippen LogP contribution >= 0.6 is 35.7 Å². The number of ether oxygens (including phenoxy) is 2. The first-order valence-corrected chi connectivity index (χ1v) is 10.1. The molecule has 0 radical (unpaired) electrons. The smallest absolute Gasteiger partial charge is 0.387 e. The molecule has 5 nitrogen and oxygen atoms in total. The fourth-order valence-corrected chi connectivity index (χ4v) is 2.67. The van der Waals surface area contributed by atoms with E-state index >= 15 is 0 Å². The molecule has 0 amide bonds. The van der Waals surface area contributed by atoms with Gasteiger partial charge in [-0.1, -0.05) is 6.92 Å². The molecule has 27 heavy (non-hydrogen) atoms. The van der Waals surface area contributed by atoms with Gasteiger partial charge in [-0.25, -0.2) is 0 Å². The van der Waals surface area contributed by atoms with Gasteiger partial charge in [0.25, 0.3) is 0 Å². The molecule has 0 aliphatic rings. The van der Waals surface area contributed by atoms with Crippen molar-refractivity contribution in [1.82, 2.24) is 10.6 Å². The van der Waals surface area contributed by atoms with Gasteiger partial charge in [-0.3, -0.25) is 4.99 Å². The molecule has 2 N–H and O–H groups in total. The number of hydrogen-bond donors (Lipinski definition) is 2. The number of thioether (sulfide) groups is 1. The lowest BCUT2D eigenvalue weighted by Crippen LogP contribution is -2.37. The number of unbranched alkanes of at least 4 members (excludes halogenated alkanes) is 1. The highest BCUT2D eigenvalue weighted by atomic mass is 127. The van der Waals surface area contributed by atoms with E-state index in [9.17, 15) is 8.78 Å². The van der Waals surface area contributed by atoms with Gasteiger partial charge in [0, 0.05) is 31.8 Å². The quantitative estimate of drug-likeness (QED) is 0.185. The van der Waals surface area contributed by atoms with Gasteiger partial charge in [0.1, 0.15) is 11.5 Å². The van der Waals surface area contributed by atoms with Gasteiger partial charge >= 0.3 is 6.61 Å². The summed E-state index contributed by atoms with van der Waals surface area (Å²) in [7, 11) is 1.68. The van der Waals surface area contributed by atoms with Crippen LogP contribution < -0.4 is 20.1 Å². The molecule has 1 rings (SSSR count). The van der Waals surface area contributed by atoms with E-state index in [0.29, 0.717) is 30.4 Å². The number of benzene rings is 1. The number of aliphatic imine (C=N–C) groups is 1. The Morgan fingerprint density at radius 1 is 1.26 bits per heavy atom.